The maximum atomic E-state index is 12.9. The van der Waals surface area contributed by atoms with Crippen molar-refractivity contribution in [3.63, 3.8) is 0 Å². The molecule has 158 valence electrons. The van der Waals surface area contributed by atoms with Crippen molar-refractivity contribution >= 4 is 15.9 Å². The van der Waals surface area contributed by atoms with Crippen molar-refractivity contribution in [2.75, 3.05) is 26.2 Å². The topological polar surface area (TPSA) is 66.9 Å². The molecule has 1 fully saturated rings. The van der Waals surface area contributed by atoms with Gasteiger partial charge in [0.2, 0.25) is 10.0 Å². The predicted octanol–water partition coefficient (Wildman–Crippen LogP) is 2.90. The molecule has 0 saturated carbocycles. The summed E-state index contributed by atoms with van der Waals surface area (Å²) in [5.74, 6) is -0.847. The highest BCUT2D eigenvalue weighted by Gasteiger charge is 2.35. The number of sulfonamides is 1. The third-order valence-corrected chi connectivity index (χ3v) is 6.08. The number of benzene rings is 1. The first kappa shape index (κ1) is 22.6. The van der Waals surface area contributed by atoms with Crippen molar-refractivity contribution in [1.82, 2.24) is 9.21 Å². The third-order valence-electron chi connectivity index (χ3n) is 4.26. The maximum Gasteiger partial charge on any atom is 0.406 e. The van der Waals surface area contributed by atoms with Crippen LogP contribution in [-0.4, -0.2) is 68.1 Å². The number of rotatable bonds is 6. The lowest BCUT2D eigenvalue weighted by atomic mass is 10.2. The molecule has 1 amide bonds. The summed E-state index contributed by atoms with van der Waals surface area (Å²) in [6, 6.07) is 5.17. The Morgan fingerprint density at radius 3 is 2.39 bits per heavy atom. The molecular weight excluding hydrogens is 397 g/mol. The SMILES string of the molecule is CCCN(CC(F)(F)F)C(=O)c1cccc(S(=O)(=O)N2CC(C)OC(C)C2)c1. The van der Waals surface area contributed by atoms with Gasteiger partial charge in [-0.3, -0.25) is 4.79 Å². The quantitative estimate of drug-likeness (QED) is 0.707. The zero-order chi connectivity index (χ0) is 21.1. The van der Waals surface area contributed by atoms with Crippen molar-refractivity contribution in [3.8, 4) is 0 Å². The van der Waals surface area contributed by atoms with E-state index in [0.717, 1.165) is 6.07 Å². The maximum absolute atomic E-state index is 12.9. The number of carbonyl (C=O) groups is 1. The number of carbonyl (C=O) groups excluding carboxylic acids is 1. The molecule has 2 rings (SSSR count). The minimum atomic E-state index is -4.53. The summed E-state index contributed by atoms with van der Waals surface area (Å²) < 4.78 is 71.0. The molecule has 1 heterocycles. The summed E-state index contributed by atoms with van der Waals surface area (Å²) in [7, 11) is -3.90. The van der Waals surface area contributed by atoms with Crippen molar-refractivity contribution in [2.45, 2.75) is 50.5 Å². The zero-order valence-corrected chi connectivity index (χ0v) is 16.9. The molecule has 0 aromatic heterocycles. The summed E-state index contributed by atoms with van der Waals surface area (Å²) in [5.41, 5.74) is -0.0897. The second kappa shape index (κ2) is 8.79. The molecule has 1 aromatic rings. The average molecular weight is 422 g/mol. The molecule has 0 aliphatic carbocycles. The summed E-state index contributed by atoms with van der Waals surface area (Å²) in [6.07, 6.45) is -4.75. The highest BCUT2D eigenvalue weighted by molar-refractivity contribution is 7.89. The first-order valence-electron chi connectivity index (χ1n) is 9.05. The van der Waals surface area contributed by atoms with Gasteiger partial charge in [-0.15, -0.1) is 0 Å². The van der Waals surface area contributed by atoms with Crippen molar-refractivity contribution in [3.05, 3.63) is 29.8 Å². The molecule has 1 aliphatic rings. The molecule has 0 N–H and O–H groups in total. The van der Waals surface area contributed by atoms with Crippen LogP contribution in [0, 0.1) is 0 Å². The van der Waals surface area contributed by atoms with E-state index in [9.17, 15) is 26.4 Å². The van der Waals surface area contributed by atoms with E-state index in [1.54, 1.807) is 20.8 Å². The van der Waals surface area contributed by atoms with E-state index in [0.29, 0.717) is 11.3 Å². The van der Waals surface area contributed by atoms with Crippen LogP contribution in [0.2, 0.25) is 0 Å². The largest absolute Gasteiger partial charge is 0.406 e. The van der Waals surface area contributed by atoms with E-state index in [1.807, 2.05) is 0 Å². The second-order valence-corrected chi connectivity index (χ2v) is 8.89. The van der Waals surface area contributed by atoms with Crippen molar-refractivity contribution in [2.24, 2.45) is 0 Å². The molecule has 1 aliphatic heterocycles. The third kappa shape index (κ3) is 5.68. The van der Waals surface area contributed by atoms with E-state index in [-0.39, 0.29) is 42.3 Å². The van der Waals surface area contributed by atoms with Gasteiger partial charge in [0.05, 0.1) is 17.1 Å². The predicted molar refractivity (Wildman–Crippen MR) is 97.5 cm³/mol. The van der Waals surface area contributed by atoms with Crippen LogP contribution < -0.4 is 0 Å². The molecule has 0 bridgehead atoms. The lowest BCUT2D eigenvalue weighted by Gasteiger charge is -2.34. The van der Waals surface area contributed by atoms with Crippen LogP contribution in [0.5, 0.6) is 0 Å². The molecule has 0 radical (unpaired) electrons. The van der Waals surface area contributed by atoms with Gasteiger partial charge < -0.3 is 9.64 Å². The van der Waals surface area contributed by atoms with Gasteiger partial charge in [0.1, 0.15) is 6.54 Å². The molecule has 2 unspecified atom stereocenters. The number of nitrogens with zero attached hydrogens (tertiary/aromatic N) is 2. The van der Waals surface area contributed by atoms with Gasteiger partial charge in [0, 0.05) is 25.2 Å². The fourth-order valence-electron chi connectivity index (χ4n) is 3.19. The standard InChI is InChI=1S/C18H25F3N2O4S/c1-4-8-22(12-18(19,20)21)17(24)15-6-5-7-16(9-15)28(25,26)23-10-13(2)27-14(3)11-23/h5-7,9,13-14H,4,8,10-12H2,1-3H3. The van der Waals surface area contributed by atoms with Crippen molar-refractivity contribution < 1.29 is 31.1 Å². The van der Waals surface area contributed by atoms with E-state index in [2.05, 4.69) is 0 Å². The highest BCUT2D eigenvalue weighted by Crippen LogP contribution is 2.23. The fraction of sp³-hybridized carbons (Fsp3) is 0.611. The van der Waals surface area contributed by atoms with Crippen LogP contribution >= 0.6 is 0 Å². The Labute approximate surface area is 163 Å². The molecule has 0 spiro atoms. The molecule has 2 atom stereocenters. The second-order valence-electron chi connectivity index (χ2n) is 6.95. The number of hydrogen-bond acceptors (Lipinski definition) is 4. The minimum Gasteiger partial charge on any atom is -0.373 e. The van der Waals surface area contributed by atoms with Gasteiger partial charge in [0.15, 0.2) is 0 Å². The number of hydrogen-bond donors (Lipinski definition) is 0. The summed E-state index contributed by atoms with van der Waals surface area (Å²) in [6.45, 7) is 4.07. The van der Waals surface area contributed by atoms with Gasteiger partial charge in [-0.05, 0) is 38.5 Å². The van der Waals surface area contributed by atoms with Gasteiger partial charge in [-0.2, -0.15) is 17.5 Å². The molecular formula is C18H25F3N2O4S. The zero-order valence-electron chi connectivity index (χ0n) is 16.1. The normalized spacial score (nSPS) is 21.5. The lowest BCUT2D eigenvalue weighted by Crippen LogP contribution is -2.48. The summed E-state index contributed by atoms with van der Waals surface area (Å²) in [5, 5.41) is 0. The van der Waals surface area contributed by atoms with E-state index in [1.165, 1.54) is 22.5 Å². The van der Waals surface area contributed by atoms with E-state index >= 15 is 0 Å². The molecule has 28 heavy (non-hydrogen) atoms. The first-order valence-corrected chi connectivity index (χ1v) is 10.5. The van der Waals surface area contributed by atoms with E-state index < -0.39 is 28.7 Å². The number of halogens is 3. The number of amides is 1. The Kier molecular flexibility index (Phi) is 7.11. The van der Waals surface area contributed by atoms with Gasteiger partial charge in [-0.25, -0.2) is 8.42 Å². The van der Waals surface area contributed by atoms with Crippen LogP contribution in [0.15, 0.2) is 29.2 Å². The Hall–Kier alpha value is -1.65. The summed E-state index contributed by atoms with van der Waals surface area (Å²) >= 11 is 0. The van der Waals surface area contributed by atoms with Gasteiger partial charge >= 0.3 is 6.18 Å². The average Bonchev–Trinajstić information content (AvgIpc) is 2.59. The molecule has 1 saturated heterocycles. The summed E-state index contributed by atoms with van der Waals surface area (Å²) in [4.78, 5) is 13.1. The highest BCUT2D eigenvalue weighted by atomic mass is 32.2. The van der Waals surface area contributed by atoms with Gasteiger partial charge in [0.25, 0.3) is 5.91 Å². The molecule has 6 nitrogen and oxygen atoms in total. The fourth-order valence-corrected chi connectivity index (χ4v) is 4.82. The number of morpholine rings is 1. The minimum absolute atomic E-state index is 0.0756. The number of alkyl halides is 3. The molecule has 10 heteroatoms. The Balaban J connectivity index is 2.30. The van der Waals surface area contributed by atoms with Crippen LogP contribution in [0.4, 0.5) is 13.2 Å². The monoisotopic (exact) mass is 422 g/mol. The van der Waals surface area contributed by atoms with Crippen molar-refractivity contribution in [1.29, 1.82) is 0 Å². The van der Waals surface area contributed by atoms with Crippen LogP contribution in [-0.2, 0) is 14.8 Å². The Morgan fingerprint density at radius 1 is 1.25 bits per heavy atom. The van der Waals surface area contributed by atoms with Gasteiger partial charge in [-0.1, -0.05) is 13.0 Å². The van der Waals surface area contributed by atoms with Crippen LogP contribution in [0.25, 0.3) is 0 Å². The molecule has 1 aromatic carbocycles. The smallest absolute Gasteiger partial charge is 0.373 e. The lowest BCUT2D eigenvalue weighted by molar-refractivity contribution is -0.140. The number of ether oxygens (including phenoxy) is 1. The Bertz CT molecular complexity index is 788. The first-order chi connectivity index (χ1) is 12.9. The van der Waals surface area contributed by atoms with Crippen LogP contribution in [0.3, 0.4) is 0 Å². The Morgan fingerprint density at radius 2 is 1.86 bits per heavy atom. The van der Waals surface area contributed by atoms with Crippen LogP contribution in [0.1, 0.15) is 37.6 Å². The van der Waals surface area contributed by atoms with E-state index in [4.69, 9.17) is 4.74 Å².